The molecule has 0 aliphatic carbocycles. The van der Waals surface area contributed by atoms with Crippen molar-refractivity contribution in [1.82, 2.24) is 9.88 Å². The van der Waals surface area contributed by atoms with Crippen LogP contribution in [0.5, 0.6) is 0 Å². The maximum absolute atomic E-state index is 12.5. The number of amides is 1. The van der Waals surface area contributed by atoms with Crippen molar-refractivity contribution in [2.75, 3.05) is 13.1 Å². The molecule has 5 heteroatoms. The molecule has 2 heterocycles. The number of rotatable bonds is 2. The van der Waals surface area contributed by atoms with Crippen LogP contribution in [-0.2, 0) is 0 Å². The highest BCUT2D eigenvalue weighted by Gasteiger charge is 2.30. The summed E-state index contributed by atoms with van der Waals surface area (Å²) in [6.07, 6.45) is 0.512. The average Bonchev–Trinajstić information content (AvgIpc) is 3.05. The maximum Gasteiger partial charge on any atom is 0.270 e. The van der Waals surface area contributed by atoms with Gasteiger partial charge in [0.2, 0.25) is 0 Å². The molecule has 4 nitrogen and oxygen atoms in total. The Labute approximate surface area is 125 Å². The molecule has 20 heavy (non-hydrogen) atoms. The fourth-order valence-electron chi connectivity index (χ4n) is 2.77. The highest BCUT2D eigenvalue weighted by molar-refractivity contribution is 9.10. The van der Waals surface area contributed by atoms with E-state index in [0.717, 1.165) is 21.8 Å². The van der Waals surface area contributed by atoms with E-state index in [0.29, 0.717) is 18.8 Å². The molecule has 106 valence electrons. The molecule has 2 aromatic rings. The lowest BCUT2D eigenvalue weighted by Gasteiger charge is -2.16. The number of nitrogens with one attached hydrogen (secondary N) is 1. The van der Waals surface area contributed by atoms with Crippen LogP contribution in [0.1, 0.15) is 23.8 Å². The van der Waals surface area contributed by atoms with Gasteiger partial charge in [-0.1, -0.05) is 22.0 Å². The van der Waals surface area contributed by atoms with Crippen LogP contribution in [0.3, 0.4) is 0 Å². The van der Waals surface area contributed by atoms with E-state index < -0.39 is 0 Å². The zero-order valence-corrected chi connectivity index (χ0v) is 12.9. The number of carbonyl (C=O) groups excluding carboxylic acids is 1. The SMILES string of the molecule is CC(O)C1CCN(C(=O)c2cc3c(Br)cccc3[nH]2)C1. The van der Waals surface area contributed by atoms with E-state index in [-0.39, 0.29) is 17.9 Å². The second kappa shape index (κ2) is 5.22. The number of hydrogen-bond acceptors (Lipinski definition) is 2. The molecule has 1 aliphatic rings. The zero-order valence-electron chi connectivity index (χ0n) is 11.3. The van der Waals surface area contributed by atoms with Gasteiger partial charge in [-0.05, 0) is 31.5 Å². The minimum atomic E-state index is -0.357. The summed E-state index contributed by atoms with van der Waals surface area (Å²) in [6.45, 7) is 3.14. The molecule has 1 fully saturated rings. The van der Waals surface area contributed by atoms with Gasteiger partial charge in [-0.3, -0.25) is 4.79 Å². The summed E-state index contributed by atoms with van der Waals surface area (Å²) in [5.41, 5.74) is 1.56. The van der Waals surface area contributed by atoms with Crippen LogP contribution >= 0.6 is 15.9 Å². The number of aromatic amines is 1. The summed E-state index contributed by atoms with van der Waals surface area (Å²) in [7, 11) is 0. The molecular weight excluding hydrogens is 320 g/mol. The van der Waals surface area contributed by atoms with Crippen LogP contribution in [0.2, 0.25) is 0 Å². The Bertz CT molecular complexity index is 650. The summed E-state index contributed by atoms with van der Waals surface area (Å²) in [6, 6.07) is 7.75. The summed E-state index contributed by atoms with van der Waals surface area (Å²) in [4.78, 5) is 17.5. The number of benzene rings is 1. The van der Waals surface area contributed by atoms with Gasteiger partial charge in [0, 0.05) is 34.4 Å². The first-order valence-corrected chi connectivity index (χ1v) is 7.60. The predicted octanol–water partition coefficient (Wildman–Crippen LogP) is 2.77. The largest absolute Gasteiger partial charge is 0.393 e. The third-order valence-corrected chi connectivity index (χ3v) is 4.73. The van der Waals surface area contributed by atoms with E-state index in [1.165, 1.54) is 0 Å². The Morgan fingerprint density at radius 2 is 2.35 bits per heavy atom. The van der Waals surface area contributed by atoms with E-state index in [2.05, 4.69) is 20.9 Å². The molecule has 2 N–H and O–H groups in total. The second-order valence-corrected chi connectivity index (χ2v) is 6.28. The molecule has 0 spiro atoms. The molecule has 1 aromatic carbocycles. The number of aromatic nitrogens is 1. The highest BCUT2D eigenvalue weighted by atomic mass is 79.9. The first kappa shape index (κ1) is 13.6. The molecule has 0 bridgehead atoms. The van der Waals surface area contributed by atoms with Crippen molar-refractivity contribution in [1.29, 1.82) is 0 Å². The maximum atomic E-state index is 12.5. The molecular formula is C15H17BrN2O2. The summed E-state index contributed by atoms with van der Waals surface area (Å²) in [5.74, 6) is 0.200. The molecule has 2 atom stereocenters. The van der Waals surface area contributed by atoms with E-state index in [4.69, 9.17) is 0 Å². The number of carbonyl (C=O) groups is 1. The summed E-state index contributed by atoms with van der Waals surface area (Å²) >= 11 is 3.49. The van der Waals surface area contributed by atoms with Crippen molar-refractivity contribution in [3.8, 4) is 0 Å². The number of aliphatic hydroxyl groups is 1. The van der Waals surface area contributed by atoms with Crippen molar-refractivity contribution in [3.05, 3.63) is 34.4 Å². The molecule has 2 unspecified atom stereocenters. The lowest BCUT2D eigenvalue weighted by molar-refractivity contribution is 0.0757. The first-order chi connectivity index (χ1) is 9.56. The average molecular weight is 337 g/mol. The minimum Gasteiger partial charge on any atom is -0.393 e. The number of likely N-dealkylation sites (tertiary alicyclic amines) is 1. The number of aliphatic hydroxyl groups excluding tert-OH is 1. The van der Waals surface area contributed by atoms with Gasteiger partial charge < -0.3 is 15.0 Å². The van der Waals surface area contributed by atoms with Gasteiger partial charge in [0.05, 0.1) is 6.10 Å². The molecule has 0 radical (unpaired) electrons. The topological polar surface area (TPSA) is 56.3 Å². The van der Waals surface area contributed by atoms with Crippen LogP contribution in [-0.4, -0.2) is 40.1 Å². The van der Waals surface area contributed by atoms with Crippen molar-refractivity contribution >= 4 is 32.7 Å². The normalized spacial score (nSPS) is 20.6. The first-order valence-electron chi connectivity index (χ1n) is 6.81. The van der Waals surface area contributed by atoms with E-state index >= 15 is 0 Å². The van der Waals surface area contributed by atoms with Gasteiger partial charge in [0.1, 0.15) is 5.69 Å². The lowest BCUT2D eigenvalue weighted by atomic mass is 10.0. The van der Waals surface area contributed by atoms with Crippen LogP contribution in [0.15, 0.2) is 28.7 Å². The van der Waals surface area contributed by atoms with Crippen molar-refractivity contribution in [2.24, 2.45) is 5.92 Å². The molecule has 1 aliphatic heterocycles. The molecule has 1 amide bonds. The van der Waals surface area contributed by atoms with Gasteiger partial charge in [-0.2, -0.15) is 0 Å². The number of hydrogen-bond donors (Lipinski definition) is 2. The van der Waals surface area contributed by atoms with Gasteiger partial charge in [-0.25, -0.2) is 0 Å². The number of fused-ring (bicyclic) bond motifs is 1. The highest BCUT2D eigenvalue weighted by Crippen LogP contribution is 2.26. The van der Waals surface area contributed by atoms with E-state index in [1.807, 2.05) is 29.2 Å². The number of H-pyrrole nitrogens is 1. The predicted molar refractivity (Wildman–Crippen MR) is 81.7 cm³/mol. The van der Waals surface area contributed by atoms with Crippen LogP contribution in [0.4, 0.5) is 0 Å². The number of halogens is 1. The van der Waals surface area contributed by atoms with Gasteiger partial charge in [-0.15, -0.1) is 0 Å². The van der Waals surface area contributed by atoms with Crippen molar-refractivity contribution in [3.63, 3.8) is 0 Å². The van der Waals surface area contributed by atoms with Crippen molar-refractivity contribution in [2.45, 2.75) is 19.4 Å². The van der Waals surface area contributed by atoms with Gasteiger partial charge in [0.25, 0.3) is 5.91 Å². The molecule has 3 rings (SSSR count). The Morgan fingerprint density at radius 3 is 3.00 bits per heavy atom. The fourth-order valence-corrected chi connectivity index (χ4v) is 3.25. The second-order valence-electron chi connectivity index (χ2n) is 5.42. The Kier molecular flexibility index (Phi) is 3.56. The van der Waals surface area contributed by atoms with E-state index in [9.17, 15) is 9.90 Å². The Balaban J connectivity index is 1.84. The van der Waals surface area contributed by atoms with Crippen LogP contribution in [0, 0.1) is 5.92 Å². The van der Waals surface area contributed by atoms with Crippen LogP contribution in [0.25, 0.3) is 10.9 Å². The Morgan fingerprint density at radius 1 is 1.55 bits per heavy atom. The molecule has 0 saturated carbocycles. The van der Waals surface area contributed by atoms with Crippen LogP contribution < -0.4 is 0 Å². The summed E-state index contributed by atoms with van der Waals surface area (Å²) in [5, 5.41) is 10.6. The monoisotopic (exact) mass is 336 g/mol. The van der Waals surface area contributed by atoms with Gasteiger partial charge >= 0.3 is 0 Å². The quantitative estimate of drug-likeness (QED) is 0.885. The van der Waals surface area contributed by atoms with Crippen molar-refractivity contribution < 1.29 is 9.90 Å². The number of nitrogens with zero attached hydrogens (tertiary/aromatic N) is 1. The minimum absolute atomic E-state index is 0.0104. The van der Waals surface area contributed by atoms with E-state index in [1.54, 1.807) is 6.92 Å². The molecule has 1 saturated heterocycles. The van der Waals surface area contributed by atoms with Gasteiger partial charge in [0.15, 0.2) is 0 Å². The zero-order chi connectivity index (χ0) is 14.3. The third-order valence-electron chi connectivity index (χ3n) is 4.04. The Hall–Kier alpha value is -1.33. The standard InChI is InChI=1S/C15H17BrN2O2/c1-9(19)10-5-6-18(8-10)15(20)14-7-11-12(16)3-2-4-13(11)17-14/h2-4,7,9-10,17,19H,5-6,8H2,1H3. The lowest BCUT2D eigenvalue weighted by Crippen LogP contribution is -2.30. The third kappa shape index (κ3) is 2.36. The summed E-state index contributed by atoms with van der Waals surface area (Å²) < 4.78 is 0.980. The fraction of sp³-hybridized carbons (Fsp3) is 0.400. The molecule has 1 aromatic heterocycles. The smallest absolute Gasteiger partial charge is 0.270 e.